The predicted octanol–water partition coefficient (Wildman–Crippen LogP) is 1.86. The number of nitrogens with zero attached hydrogens (tertiary/aromatic N) is 5. The van der Waals surface area contributed by atoms with E-state index >= 15 is 0 Å². The molecule has 0 aliphatic rings. The van der Waals surface area contributed by atoms with Crippen molar-refractivity contribution in [3.05, 3.63) is 65.2 Å². The molecule has 10 nitrogen and oxygen atoms in total. The molecule has 0 amide bonds. The van der Waals surface area contributed by atoms with Crippen LogP contribution < -0.4 is 19.1 Å². The van der Waals surface area contributed by atoms with Crippen LogP contribution >= 0.6 is 11.6 Å². The molecule has 1 heterocycles. The number of hydrogen-bond acceptors (Lipinski definition) is 8. The van der Waals surface area contributed by atoms with Crippen LogP contribution in [0.25, 0.3) is 0 Å². The number of rotatable bonds is 7. The molecule has 29 heavy (non-hydrogen) atoms. The maximum absolute atomic E-state index is 11.3. The van der Waals surface area contributed by atoms with Crippen molar-refractivity contribution in [1.82, 2.24) is 14.9 Å². The third-order valence-corrected chi connectivity index (χ3v) is 4.48. The second-order valence-corrected chi connectivity index (χ2v) is 7.30. The Kier molecular flexibility index (Phi) is 5.88. The number of ether oxygens (including phenoxy) is 1. The Hall–Kier alpha value is -3.33. The summed E-state index contributed by atoms with van der Waals surface area (Å²) in [6.07, 6.45) is 3.02. The molecular weight excluding hydrogens is 420 g/mol. The van der Waals surface area contributed by atoms with Gasteiger partial charge in [-0.1, -0.05) is 11.6 Å². The largest absolute Gasteiger partial charge is 0.493 e. The number of methoxy groups -OCH3 is 1. The highest BCUT2D eigenvalue weighted by Crippen LogP contribution is 2.37. The van der Waals surface area contributed by atoms with Crippen LogP contribution in [0, 0.1) is 11.3 Å². The van der Waals surface area contributed by atoms with E-state index in [2.05, 4.69) is 16.3 Å². The van der Waals surface area contributed by atoms with Crippen molar-refractivity contribution in [2.24, 2.45) is 5.14 Å². The van der Waals surface area contributed by atoms with Crippen LogP contribution in [0.4, 0.5) is 5.69 Å². The lowest BCUT2D eigenvalue weighted by atomic mass is 10.1. The van der Waals surface area contributed by atoms with E-state index in [0.29, 0.717) is 11.1 Å². The normalized spacial score (nSPS) is 11.0. The molecule has 12 heteroatoms. The van der Waals surface area contributed by atoms with E-state index in [4.69, 9.17) is 30.9 Å². The van der Waals surface area contributed by atoms with Gasteiger partial charge in [0.05, 0.1) is 36.0 Å². The van der Waals surface area contributed by atoms with E-state index in [9.17, 15) is 8.42 Å². The van der Waals surface area contributed by atoms with Crippen LogP contribution in [0.2, 0.25) is 5.02 Å². The number of anilines is 1. The summed E-state index contributed by atoms with van der Waals surface area (Å²) in [5.41, 5.74) is 1.95. The van der Waals surface area contributed by atoms with Crippen molar-refractivity contribution in [3.63, 3.8) is 0 Å². The van der Waals surface area contributed by atoms with Crippen molar-refractivity contribution in [2.45, 2.75) is 6.54 Å². The van der Waals surface area contributed by atoms with E-state index in [-0.39, 0.29) is 23.1 Å². The van der Waals surface area contributed by atoms with Gasteiger partial charge in [-0.15, -0.1) is 10.2 Å². The number of nitriles is 1. The van der Waals surface area contributed by atoms with Crippen molar-refractivity contribution >= 4 is 27.6 Å². The third-order valence-electron chi connectivity index (χ3n) is 3.80. The highest BCUT2D eigenvalue weighted by Gasteiger charge is 2.19. The van der Waals surface area contributed by atoms with Gasteiger partial charge in [0.2, 0.25) is 5.75 Å². The first-order valence-electron chi connectivity index (χ1n) is 8.02. The zero-order chi connectivity index (χ0) is 21.0. The van der Waals surface area contributed by atoms with Gasteiger partial charge in [-0.25, -0.2) is 4.68 Å². The number of halogens is 1. The zero-order valence-electron chi connectivity index (χ0n) is 15.1. The average molecular weight is 435 g/mol. The van der Waals surface area contributed by atoms with E-state index < -0.39 is 10.3 Å². The van der Waals surface area contributed by atoms with E-state index in [1.165, 1.54) is 25.8 Å². The van der Waals surface area contributed by atoms with Gasteiger partial charge < -0.3 is 8.92 Å². The highest BCUT2D eigenvalue weighted by atomic mass is 35.5. The topological polar surface area (TPSA) is 136 Å². The summed E-state index contributed by atoms with van der Waals surface area (Å²) in [7, 11) is -2.92. The molecule has 2 N–H and O–H groups in total. The number of benzene rings is 2. The summed E-state index contributed by atoms with van der Waals surface area (Å²) < 4.78 is 34.1. The monoisotopic (exact) mass is 434 g/mol. The summed E-state index contributed by atoms with van der Waals surface area (Å²) in [4.78, 5) is 0. The molecule has 2 aromatic carbocycles. The van der Waals surface area contributed by atoms with Gasteiger partial charge in [-0.3, -0.25) is 5.01 Å². The number of aromatic nitrogens is 3. The smallest absolute Gasteiger partial charge is 0.380 e. The van der Waals surface area contributed by atoms with Crippen molar-refractivity contribution in [1.29, 1.82) is 5.26 Å². The molecular formula is C17H15ClN6O4S. The second kappa shape index (κ2) is 8.36. The average Bonchev–Trinajstić information content (AvgIpc) is 3.21. The van der Waals surface area contributed by atoms with Crippen LogP contribution in [0.15, 0.2) is 49.1 Å². The summed E-state index contributed by atoms with van der Waals surface area (Å²) in [6.45, 7) is 0.287. The molecule has 0 aliphatic heterocycles. The maximum Gasteiger partial charge on any atom is 0.380 e. The summed E-state index contributed by atoms with van der Waals surface area (Å²) in [5.74, 6) is -0.0975. The molecule has 150 valence electrons. The molecule has 1 aromatic heterocycles. The Bertz CT molecular complexity index is 1140. The lowest BCUT2D eigenvalue weighted by molar-refractivity contribution is 0.390. The molecule has 0 atom stereocenters. The van der Waals surface area contributed by atoms with Gasteiger partial charge in [-0.2, -0.15) is 18.8 Å². The molecule has 3 rings (SSSR count). The van der Waals surface area contributed by atoms with Crippen LogP contribution in [-0.2, 0) is 16.8 Å². The molecule has 0 unspecified atom stereocenters. The Balaban J connectivity index is 1.99. The Morgan fingerprint density at radius 3 is 2.45 bits per heavy atom. The maximum atomic E-state index is 11.3. The first kappa shape index (κ1) is 20.4. The Morgan fingerprint density at radius 1 is 1.24 bits per heavy atom. The summed E-state index contributed by atoms with van der Waals surface area (Å²) >= 11 is 6.20. The van der Waals surface area contributed by atoms with E-state index in [0.717, 1.165) is 5.69 Å². The SMILES string of the molecule is COc1cc(CN(c2ccc(C#N)cc2)n2cnnc2)cc(Cl)c1OS(N)(=O)=O. The van der Waals surface area contributed by atoms with Gasteiger partial charge in [0.15, 0.2) is 5.75 Å². The van der Waals surface area contributed by atoms with Gasteiger partial charge >= 0.3 is 10.3 Å². The van der Waals surface area contributed by atoms with Crippen molar-refractivity contribution < 1.29 is 17.3 Å². The van der Waals surface area contributed by atoms with Crippen LogP contribution in [-0.4, -0.2) is 30.4 Å². The zero-order valence-corrected chi connectivity index (χ0v) is 16.6. The number of nitrogens with two attached hydrogens (primary N) is 1. The quantitative estimate of drug-likeness (QED) is 0.594. The second-order valence-electron chi connectivity index (χ2n) is 5.74. The van der Waals surface area contributed by atoms with Gasteiger partial charge in [-0.05, 0) is 42.0 Å². The molecule has 0 saturated carbocycles. The van der Waals surface area contributed by atoms with Gasteiger partial charge in [0.25, 0.3) is 0 Å². The first-order valence-corrected chi connectivity index (χ1v) is 9.87. The predicted molar refractivity (Wildman–Crippen MR) is 104 cm³/mol. The van der Waals surface area contributed by atoms with Gasteiger partial charge in [0, 0.05) is 0 Å². The molecule has 0 spiro atoms. The minimum absolute atomic E-state index is 0.0110. The standard InChI is InChI=1S/C17H15ClN6O4S/c1-27-16-7-13(6-15(18)17(16)28-29(20,25)26)9-24(23-10-21-22-11-23)14-4-2-12(8-19)3-5-14/h2-7,10-11H,9H2,1H3,(H2,20,25,26). The molecule has 3 aromatic rings. The minimum Gasteiger partial charge on any atom is -0.493 e. The first-order chi connectivity index (χ1) is 13.8. The lowest BCUT2D eigenvalue weighted by Crippen LogP contribution is -2.28. The fraction of sp³-hybridized carbons (Fsp3) is 0.118. The van der Waals surface area contributed by atoms with Crippen molar-refractivity contribution in [2.75, 3.05) is 12.1 Å². The number of hydrogen-bond donors (Lipinski definition) is 1. The highest BCUT2D eigenvalue weighted by molar-refractivity contribution is 7.84. The fourth-order valence-corrected chi connectivity index (χ4v) is 3.29. The summed E-state index contributed by atoms with van der Waals surface area (Å²) in [6, 6.07) is 12.1. The summed E-state index contributed by atoms with van der Waals surface area (Å²) in [5, 5.41) is 23.4. The van der Waals surface area contributed by atoms with E-state index in [1.54, 1.807) is 35.0 Å². The third kappa shape index (κ3) is 4.94. The molecule has 0 aliphatic carbocycles. The Labute approximate surface area is 171 Å². The van der Waals surface area contributed by atoms with Crippen molar-refractivity contribution in [3.8, 4) is 17.6 Å². The molecule has 0 saturated heterocycles. The van der Waals surface area contributed by atoms with Crippen LogP contribution in [0.3, 0.4) is 0 Å². The lowest BCUT2D eigenvalue weighted by Gasteiger charge is -2.25. The van der Waals surface area contributed by atoms with Crippen LogP contribution in [0.5, 0.6) is 11.5 Å². The van der Waals surface area contributed by atoms with Gasteiger partial charge in [0.1, 0.15) is 12.7 Å². The molecule has 0 bridgehead atoms. The fourth-order valence-electron chi connectivity index (χ4n) is 2.57. The Morgan fingerprint density at radius 2 is 1.90 bits per heavy atom. The minimum atomic E-state index is -4.28. The molecule has 0 radical (unpaired) electrons. The van der Waals surface area contributed by atoms with Crippen LogP contribution in [0.1, 0.15) is 11.1 Å². The molecule has 0 fully saturated rings. The van der Waals surface area contributed by atoms with E-state index in [1.807, 2.05) is 5.01 Å².